The summed E-state index contributed by atoms with van der Waals surface area (Å²) in [5, 5.41) is 3.58. The first-order valence-corrected chi connectivity index (χ1v) is 10.7. The van der Waals surface area contributed by atoms with Crippen molar-refractivity contribution < 1.29 is 9.53 Å². The molecule has 1 aliphatic heterocycles. The smallest absolute Gasteiger partial charge is 0.410 e. The molecule has 2 rings (SSSR count). The number of carbonyl (C=O) groups excluding carboxylic acids is 1. The van der Waals surface area contributed by atoms with Gasteiger partial charge in [0.2, 0.25) is 0 Å². The van der Waals surface area contributed by atoms with E-state index in [1.807, 2.05) is 25.7 Å². The molecule has 0 aliphatic carbocycles. The average molecular weight is 523 g/mol. The summed E-state index contributed by atoms with van der Waals surface area (Å²) in [6, 6.07) is 6.76. The van der Waals surface area contributed by atoms with Gasteiger partial charge in [-0.05, 0) is 110 Å². The summed E-state index contributed by atoms with van der Waals surface area (Å²) in [4.78, 5) is 14.5. The normalized spacial score (nSPS) is 19.4. The van der Waals surface area contributed by atoms with Crippen molar-refractivity contribution in [1.29, 1.82) is 0 Å². The number of amides is 1. The number of benzene rings is 1. The highest BCUT2D eigenvalue weighted by molar-refractivity contribution is 14.1. The quantitative estimate of drug-likeness (QED) is 0.490. The van der Waals surface area contributed by atoms with E-state index in [9.17, 15) is 4.79 Å². The van der Waals surface area contributed by atoms with E-state index in [0.717, 1.165) is 36.0 Å². The van der Waals surface area contributed by atoms with E-state index in [2.05, 4.69) is 69.0 Å². The number of nitrogens with one attached hydrogen (secondary N) is 1. The van der Waals surface area contributed by atoms with Crippen LogP contribution in [0.15, 0.2) is 22.7 Å². The molecular formula is C19H28BrIN2O2. The van der Waals surface area contributed by atoms with Crippen molar-refractivity contribution in [2.75, 3.05) is 11.9 Å². The zero-order chi connectivity index (χ0) is 18.6. The summed E-state index contributed by atoms with van der Waals surface area (Å²) in [6.45, 7) is 8.72. The first kappa shape index (κ1) is 20.8. The van der Waals surface area contributed by atoms with Crippen LogP contribution >= 0.6 is 38.5 Å². The van der Waals surface area contributed by atoms with Gasteiger partial charge in [0, 0.05) is 32.4 Å². The van der Waals surface area contributed by atoms with Gasteiger partial charge in [0.1, 0.15) is 5.60 Å². The number of likely N-dealkylation sites (tertiary alicyclic amines) is 1. The number of hydrogen-bond acceptors (Lipinski definition) is 3. The van der Waals surface area contributed by atoms with Crippen LogP contribution in [-0.4, -0.2) is 35.2 Å². The first-order valence-electron chi connectivity index (χ1n) is 8.87. The minimum atomic E-state index is -0.450. The Morgan fingerprint density at radius 1 is 1.44 bits per heavy atom. The second-order valence-electron chi connectivity index (χ2n) is 7.73. The molecule has 140 valence electrons. The van der Waals surface area contributed by atoms with Gasteiger partial charge in [-0.25, -0.2) is 4.79 Å². The van der Waals surface area contributed by atoms with Gasteiger partial charge in [-0.2, -0.15) is 0 Å². The lowest BCUT2D eigenvalue weighted by atomic mass is 9.96. The topological polar surface area (TPSA) is 41.6 Å². The highest BCUT2D eigenvalue weighted by atomic mass is 127. The van der Waals surface area contributed by atoms with Crippen molar-refractivity contribution in [3.63, 3.8) is 0 Å². The maximum Gasteiger partial charge on any atom is 0.410 e. The zero-order valence-electron chi connectivity index (χ0n) is 15.4. The molecule has 1 N–H and O–H groups in total. The highest BCUT2D eigenvalue weighted by Gasteiger charge is 2.31. The third kappa shape index (κ3) is 6.62. The highest BCUT2D eigenvalue weighted by Crippen LogP contribution is 2.28. The molecule has 2 atom stereocenters. The van der Waals surface area contributed by atoms with Gasteiger partial charge < -0.3 is 15.0 Å². The largest absolute Gasteiger partial charge is 0.444 e. The molecule has 25 heavy (non-hydrogen) atoms. The molecule has 1 amide bonds. The van der Waals surface area contributed by atoms with Crippen LogP contribution in [0.1, 0.15) is 53.4 Å². The van der Waals surface area contributed by atoms with Crippen LogP contribution in [0.4, 0.5) is 10.5 Å². The first-order chi connectivity index (χ1) is 11.7. The van der Waals surface area contributed by atoms with Gasteiger partial charge in [-0.1, -0.05) is 0 Å². The van der Waals surface area contributed by atoms with E-state index >= 15 is 0 Å². The lowest BCUT2D eigenvalue weighted by Gasteiger charge is -2.38. The molecule has 1 aromatic rings. The molecule has 0 bridgehead atoms. The van der Waals surface area contributed by atoms with Crippen LogP contribution in [0.5, 0.6) is 0 Å². The Labute approximate surface area is 173 Å². The second kappa shape index (κ2) is 8.93. The summed E-state index contributed by atoms with van der Waals surface area (Å²) >= 11 is 5.92. The Kier molecular flexibility index (Phi) is 7.43. The SMILES string of the molecule is CC(CC1CCCCN1C(=O)OC(C)(C)C)Nc1cc(I)ccc1Br. The van der Waals surface area contributed by atoms with E-state index < -0.39 is 5.60 Å². The molecule has 0 aromatic heterocycles. The number of ether oxygens (including phenoxy) is 1. The summed E-state index contributed by atoms with van der Waals surface area (Å²) in [5.74, 6) is 0. The second-order valence-corrected chi connectivity index (χ2v) is 9.83. The maximum absolute atomic E-state index is 12.5. The fraction of sp³-hybridized carbons (Fsp3) is 0.632. The molecule has 1 aromatic carbocycles. The van der Waals surface area contributed by atoms with Crippen molar-refractivity contribution in [2.45, 2.75) is 71.1 Å². The van der Waals surface area contributed by atoms with Gasteiger partial charge in [0.25, 0.3) is 0 Å². The lowest BCUT2D eigenvalue weighted by Crippen LogP contribution is -2.47. The number of rotatable bonds is 4. The van der Waals surface area contributed by atoms with Gasteiger partial charge in [-0.3, -0.25) is 0 Å². The van der Waals surface area contributed by atoms with Crippen molar-refractivity contribution in [3.8, 4) is 0 Å². The van der Waals surface area contributed by atoms with Gasteiger partial charge in [0.15, 0.2) is 0 Å². The summed E-state index contributed by atoms with van der Waals surface area (Å²) in [5.41, 5.74) is 0.646. The number of carbonyl (C=O) groups is 1. The van der Waals surface area contributed by atoms with Crippen LogP contribution in [0.25, 0.3) is 0 Å². The van der Waals surface area contributed by atoms with E-state index in [1.165, 1.54) is 9.99 Å². The van der Waals surface area contributed by atoms with Crippen LogP contribution in [0.3, 0.4) is 0 Å². The number of anilines is 1. The summed E-state index contributed by atoms with van der Waals surface area (Å²) in [7, 11) is 0. The molecule has 1 heterocycles. The molecule has 0 radical (unpaired) electrons. The van der Waals surface area contributed by atoms with Crippen molar-refractivity contribution in [1.82, 2.24) is 4.90 Å². The van der Waals surface area contributed by atoms with Crippen LogP contribution in [0, 0.1) is 3.57 Å². The van der Waals surface area contributed by atoms with Crippen molar-refractivity contribution in [3.05, 3.63) is 26.2 Å². The molecule has 2 unspecified atom stereocenters. The monoisotopic (exact) mass is 522 g/mol. The third-order valence-corrected chi connectivity index (χ3v) is 5.57. The standard InChI is InChI=1S/C19H28BrIN2O2/c1-13(22-17-12-14(21)8-9-16(17)20)11-15-7-5-6-10-23(15)18(24)25-19(2,3)4/h8-9,12-13,15,22H,5-7,10-11H2,1-4H3. The van der Waals surface area contributed by atoms with Crippen molar-refractivity contribution >= 4 is 50.3 Å². The molecule has 0 saturated carbocycles. The molecule has 0 spiro atoms. The Morgan fingerprint density at radius 2 is 2.16 bits per heavy atom. The van der Waals surface area contributed by atoms with Gasteiger partial charge in [-0.15, -0.1) is 0 Å². The Bertz CT molecular complexity index is 604. The number of piperidine rings is 1. The molecule has 6 heteroatoms. The minimum Gasteiger partial charge on any atom is -0.444 e. The minimum absolute atomic E-state index is 0.181. The Hall–Kier alpha value is -0.500. The summed E-state index contributed by atoms with van der Waals surface area (Å²) in [6.07, 6.45) is 4.00. The van der Waals surface area contributed by atoms with Crippen LogP contribution < -0.4 is 5.32 Å². The maximum atomic E-state index is 12.5. The van der Waals surface area contributed by atoms with E-state index in [0.29, 0.717) is 0 Å². The van der Waals surface area contributed by atoms with E-state index in [4.69, 9.17) is 4.74 Å². The predicted octanol–water partition coefficient (Wildman–Crippen LogP) is 6.03. The zero-order valence-corrected chi connectivity index (χ0v) is 19.2. The molecular weight excluding hydrogens is 495 g/mol. The predicted molar refractivity (Wildman–Crippen MR) is 115 cm³/mol. The van der Waals surface area contributed by atoms with Crippen LogP contribution in [0.2, 0.25) is 0 Å². The fourth-order valence-corrected chi connectivity index (χ4v) is 4.00. The Morgan fingerprint density at radius 3 is 2.84 bits per heavy atom. The lowest BCUT2D eigenvalue weighted by molar-refractivity contribution is 0.00852. The number of nitrogens with zero attached hydrogens (tertiary/aromatic N) is 1. The fourth-order valence-electron chi connectivity index (χ4n) is 3.15. The molecule has 1 saturated heterocycles. The number of halogens is 2. The van der Waals surface area contributed by atoms with Gasteiger partial charge >= 0.3 is 6.09 Å². The van der Waals surface area contributed by atoms with E-state index in [-0.39, 0.29) is 18.2 Å². The van der Waals surface area contributed by atoms with Crippen LogP contribution in [-0.2, 0) is 4.74 Å². The van der Waals surface area contributed by atoms with Crippen molar-refractivity contribution in [2.24, 2.45) is 0 Å². The third-order valence-electron chi connectivity index (χ3n) is 4.21. The van der Waals surface area contributed by atoms with E-state index in [1.54, 1.807) is 0 Å². The molecule has 1 aliphatic rings. The molecule has 4 nitrogen and oxygen atoms in total. The Balaban J connectivity index is 2.00. The number of hydrogen-bond donors (Lipinski definition) is 1. The average Bonchev–Trinajstić information content (AvgIpc) is 2.49. The van der Waals surface area contributed by atoms with Gasteiger partial charge in [0.05, 0.1) is 0 Å². The molecule has 1 fully saturated rings. The summed E-state index contributed by atoms with van der Waals surface area (Å²) < 4.78 is 7.86.